The van der Waals surface area contributed by atoms with Crippen molar-refractivity contribution < 1.29 is 0 Å². The van der Waals surface area contributed by atoms with E-state index in [1.165, 1.54) is 10.9 Å². The van der Waals surface area contributed by atoms with Gasteiger partial charge in [0.25, 0.3) is 0 Å². The van der Waals surface area contributed by atoms with Crippen molar-refractivity contribution in [2.45, 2.75) is 26.7 Å². The number of halogens is 1. The number of nitrogens with one attached hydrogen (secondary N) is 3. The molecule has 1 aromatic carbocycles. The van der Waals surface area contributed by atoms with Gasteiger partial charge >= 0.3 is 0 Å². The lowest BCUT2D eigenvalue weighted by atomic mass is 10.1. The van der Waals surface area contributed by atoms with E-state index in [9.17, 15) is 0 Å². The number of aliphatic imine (C=N–C) groups is 1. The summed E-state index contributed by atoms with van der Waals surface area (Å²) in [6.45, 7) is 6.47. The van der Waals surface area contributed by atoms with Crippen LogP contribution in [0.2, 0.25) is 5.02 Å². The van der Waals surface area contributed by atoms with Crippen molar-refractivity contribution in [3.8, 4) is 0 Å². The molecule has 3 aromatic rings. The molecule has 0 aliphatic heterocycles. The molecule has 0 radical (unpaired) electrons. The van der Waals surface area contributed by atoms with Crippen molar-refractivity contribution in [1.29, 1.82) is 0 Å². The van der Waals surface area contributed by atoms with Gasteiger partial charge in [0.05, 0.1) is 10.7 Å². The molecule has 3 N–H and O–H groups in total. The van der Waals surface area contributed by atoms with E-state index in [0.717, 1.165) is 59.7 Å². The van der Waals surface area contributed by atoms with Gasteiger partial charge in [0.1, 0.15) is 0 Å². The number of rotatable bonds is 7. The predicted octanol–water partition coefficient (Wildman–Crippen LogP) is 3.93. The Bertz CT molecular complexity index is 883. The first-order chi connectivity index (χ1) is 12.7. The summed E-state index contributed by atoms with van der Waals surface area (Å²) in [7, 11) is 0. The maximum atomic E-state index is 6.12. The third kappa shape index (κ3) is 4.99. The maximum absolute atomic E-state index is 6.12. The summed E-state index contributed by atoms with van der Waals surface area (Å²) in [6.07, 6.45) is 3.81. The first-order valence-corrected chi connectivity index (χ1v) is 10.1. The largest absolute Gasteiger partial charge is 0.361 e. The molecule has 0 bridgehead atoms. The van der Waals surface area contributed by atoms with Crippen LogP contribution >= 0.6 is 22.9 Å². The molecule has 138 valence electrons. The third-order valence-electron chi connectivity index (χ3n) is 4.06. The second kappa shape index (κ2) is 9.05. The third-order valence-corrected chi connectivity index (χ3v) is 5.12. The minimum atomic E-state index is 0.723. The van der Waals surface area contributed by atoms with E-state index >= 15 is 0 Å². The van der Waals surface area contributed by atoms with Crippen LogP contribution in [-0.2, 0) is 12.8 Å². The highest BCUT2D eigenvalue weighted by atomic mass is 35.5. The fourth-order valence-corrected chi connectivity index (χ4v) is 3.64. The number of H-pyrrole nitrogens is 1. The quantitative estimate of drug-likeness (QED) is 0.423. The molecule has 0 saturated carbocycles. The van der Waals surface area contributed by atoms with Gasteiger partial charge in [-0.3, -0.25) is 4.99 Å². The van der Waals surface area contributed by atoms with Gasteiger partial charge in [-0.2, -0.15) is 0 Å². The van der Waals surface area contributed by atoms with Crippen molar-refractivity contribution in [3.05, 3.63) is 51.1 Å². The molecule has 0 aliphatic rings. The molecule has 0 fully saturated rings. The second-order valence-corrected chi connectivity index (χ2v) is 7.55. The van der Waals surface area contributed by atoms with Gasteiger partial charge in [0.2, 0.25) is 0 Å². The topological polar surface area (TPSA) is 65.1 Å². The van der Waals surface area contributed by atoms with Crippen molar-refractivity contribution in [2.75, 3.05) is 19.6 Å². The number of hydrogen-bond donors (Lipinski definition) is 3. The molecule has 0 atom stereocenters. The Kier molecular flexibility index (Phi) is 6.52. The first-order valence-electron chi connectivity index (χ1n) is 8.84. The Morgan fingerprint density at radius 1 is 1.31 bits per heavy atom. The standard InChI is InChI=1S/C19H24ClN5S/c1-3-21-19(23-9-7-16-12-26-13(2)25-16)22-8-6-14-11-24-18-5-4-15(20)10-17(14)18/h4-5,10-12,24H,3,6-9H2,1-2H3,(H2,21,22,23). The van der Waals surface area contributed by atoms with Crippen LogP contribution in [0.3, 0.4) is 0 Å². The Balaban J connectivity index is 1.54. The van der Waals surface area contributed by atoms with Crippen molar-refractivity contribution >= 4 is 39.8 Å². The molecule has 0 saturated heterocycles. The lowest BCUT2D eigenvalue weighted by molar-refractivity contribution is 0.796. The van der Waals surface area contributed by atoms with Crippen LogP contribution in [0.5, 0.6) is 0 Å². The van der Waals surface area contributed by atoms with E-state index in [1.807, 2.05) is 25.1 Å². The normalized spacial score (nSPS) is 11.9. The predicted molar refractivity (Wildman–Crippen MR) is 112 cm³/mol. The van der Waals surface area contributed by atoms with E-state index in [-0.39, 0.29) is 0 Å². The van der Waals surface area contributed by atoms with Crippen LogP contribution in [0.1, 0.15) is 23.2 Å². The van der Waals surface area contributed by atoms with Crippen molar-refractivity contribution in [3.63, 3.8) is 0 Å². The van der Waals surface area contributed by atoms with Crippen LogP contribution in [0.25, 0.3) is 10.9 Å². The zero-order valence-electron chi connectivity index (χ0n) is 15.1. The van der Waals surface area contributed by atoms with Crippen LogP contribution in [0.4, 0.5) is 0 Å². The number of aryl methyl sites for hydroxylation is 1. The maximum Gasteiger partial charge on any atom is 0.191 e. The molecule has 0 unspecified atom stereocenters. The highest BCUT2D eigenvalue weighted by molar-refractivity contribution is 7.09. The molecule has 0 spiro atoms. The van der Waals surface area contributed by atoms with Crippen molar-refractivity contribution in [2.24, 2.45) is 4.99 Å². The van der Waals surface area contributed by atoms with Crippen LogP contribution < -0.4 is 10.6 Å². The fourth-order valence-electron chi connectivity index (χ4n) is 2.82. The number of aromatic amines is 1. The Hall–Kier alpha value is -2.05. The molecule has 3 rings (SSSR count). The second-order valence-electron chi connectivity index (χ2n) is 6.05. The molecule has 0 aliphatic carbocycles. The van der Waals surface area contributed by atoms with E-state index in [1.54, 1.807) is 11.3 Å². The van der Waals surface area contributed by atoms with Gasteiger partial charge in [0.15, 0.2) is 5.96 Å². The summed E-state index contributed by atoms with van der Waals surface area (Å²) >= 11 is 7.80. The molecule has 26 heavy (non-hydrogen) atoms. The van der Waals surface area contributed by atoms with Gasteiger partial charge in [-0.1, -0.05) is 11.6 Å². The number of benzene rings is 1. The van der Waals surface area contributed by atoms with E-state index in [0.29, 0.717) is 0 Å². The monoisotopic (exact) mass is 389 g/mol. The molecular formula is C19H24ClN5S. The zero-order chi connectivity index (χ0) is 18.4. The highest BCUT2D eigenvalue weighted by Crippen LogP contribution is 2.22. The lowest BCUT2D eigenvalue weighted by Gasteiger charge is -2.11. The minimum absolute atomic E-state index is 0.723. The van der Waals surface area contributed by atoms with Gasteiger partial charge in [-0.15, -0.1) is 11.3 Å². The molecule has 7 heteroatoms. The highest BCUT2D eigenvalue weighted by Gasteiger charge is 2.05. The molecular weight excluding hydrogens is 366 g/mol. The first kappa shape index (κ1) is 18.7. The summed E-state index contributed by atoms with van der Waals surface area (Å²) in [5, 5.41) is 11.8. The number of fused-ring (bicyclic) bond motifs is 1. The summed E-state index contributed by atoms with van der Waals surface area (Å²) in [5.41, 5.74) is 3.48. The van der Waals surface area contributed by atoms with Gasteiger partial charge < -0.3 is 15.6 Å². The Labute approximate surface area is 162 Å². The number of nitrogens with zero attached hydrogens (tertiary/aromatic N) is 2. The van der Waals surface area contributed by atoms with Gasteiger partial charge in [0, 0.05) is 53.6 Å². The molecule has 2 heterocycles. The molecule has 5 nitrogen and oxygen atoms in total. The Morgan fingerprint density at radius 3 is 2.96 bits per heavy atom. The van der Waals surface area contributed by atoms with Gasteiger partial charge in [-0.05, 0) is 44.0 Å². The van der Waals surface area contributed by atoms with Crippen LogP contribution in [0.15, 0.2) is 34.8 Å². The Morgan fingerprint density at radius 2 is 2.19 bits per heavy atom. The number of hydrogen-bond acceptors (Lipinski definition) is 3. The van der Waals surface area contributed by atoms with E-state index in [2.05, 4.69) is 44.1 Å². The minimum Gasteiger partial charge on any atom is -0.361 e. The number of thiazole rings is 1. The van der Waals surface area contributed by atoms with Gasteiger partial charge in [-0.25, -0.2) is 4.98 Å². The van der Waals surface area contributed by atoms with Crippen LogP contribution in [0, 0.1) is 6.92 Å². The average Bonchev–Trinajstić information content (AvgIpc) is 3.21. The fraction of sp³-hybridized carbons (Fsp3) is 0.368. The SMILES string of the molecule is CCNC(=NCCc1csc(C)n1)NCCc1c[nH]c2ccc(Cl)cc12. The van der Waals surface area contributed by atoms with E-state index in [4.69, 9.17) is 11.6 Å². The number of guanidine groups is 1. The summed E-state index contributed by atoms with van der Waals surface area (Å²) in [5.74, 6) is 0.845. The smallest absolute Gasteiger partial charge is 0.191 e. The summed E-state index contributed by atoms with van der Waals surface area (Å²) in [4.78, 5) is 12.4. The van der Waals surface area contributed by atoms with Crippen molar-refractivity contribution in [1.82, 2.24) is 20.6 Å². The van der Waals surface area contributed by atoms with Crippen LogP contribution in [-0.4, -0.2) is 35.6 Å². The summed E-state index contributed by atoms with van der Waals surface area (Å²) in [6, 6.07) is 5.93. The average molecular weight is 390 g/mol. The molecule has 2 aromatic heterocycles. The van der Waals surface area contributed by atoms with E-state index < -0.39 is 0 Å². The number of aromatic nitrogens is 2. The zero-order valence-corrected chi connectivity index (χ0v) is 16.7. The summed E-state index contributed by atoms with van der Waals surface area (Å²) < 4.78 is 0. The lowest BCUT2D eigenvalue weighted by Crippen LogP contribution is -2.38. The molecule has 0 amide bonds.